The van der Waals surface area contributed by atoms with Gasteiger partial charge in [-0.15, -0.1) is 0 Å². The molecule has 0 aliphatic rings. The molecule has 47 heavy (non-hydrogen) atoms. The van der Waals surface area contributed by atoms with Gasteiger partial charge in [0.15, 0.2) is 0 Å². The Morgan fingerprint density at radius 3 is 1.32 bits per heavy atom. The molecule has 0 aromatic heterocycles. The topological polar surface area (TPSA) is 63.6 Å². The van der Waals surface area contributed by atoms with E-state index < -0.39 is 5.97 Å². The number of carboxylic acid groups (broad SMARTS) is 1. The van der Waals surface area contributed by atoms with Gasteiger partial charge in [0, 0.05) is 12.8 Å². The van der Waals surface area contributed by atoms with Gasteiger partial charge >= 0.3 is 11.9 Å². The summed E-state index contributed by atoms with van der Waals surface area (Å²) in [4.78, 5) is 23.4. The molecule has 0 aliphatic heterocycles. The molecule has 0 aromatic rings. The number of carbonyl (C=O) groups is 2. The number of hydrogen-bond donors (Lipinski definition) is 1. The first-order chi connectivity index (χ1) is 23.1. The number of hydrogen-bond acceptors (Lipinski definition) is 3. The highest BCUT2D eigenvalue weighted by atomic mass is 16.5. The molecule has 0 saturated heterocycles. The summed E-state index contributed by atoms with van der Waals surface area (Å²) in [5.41, 5.74) is 0. The summed E-state index contributed by atoms with van der Waals surface area (Å²) in [5, 5.41) is 8.87. The van der Waals surface area contributed by atoms with E-state index >= 15 is 0 Å². The van der Waals surface area contributed by atoms with E-state index in [4.69, 9.17) is 9.84 Å². The Bertz CT molecular complexity index is 794. The molecule has 272 valence electrons. The monoisotopic (exact) mass is 657 g/mol. The van der Waals surface area contributed by atoms with Gasteiger partial charge in [0.1, 0.15) is 6.10 Å². The van der Waals surface area contributed by atoms with Crippen molar-refractivity contribution >= 4 is 11.9 Å². The quantitative estimate of drug-likeness (QED) is 0.0414. The number of unbranched alkanes of at least 4 members (excludes halogenated alkanes) is 21. The van der Waals surface area contributed by atoms with Crippen LogP contribution >= 0.6 is 0 Å². The number of esters is 1. The van der Waals surface area contributed by atoms with Crippen molar-refractivity contribution in [1.82, 2.24) is 0 Å². The van der Waals surface area contributed by atoms with Gasteiger partial charge in [-0.25, -0.2) is 0 Å². The average molecular weight is 657 g/mol. The molecule has 0 heterocycles. The maximum absolute atomic E-state index is 12.6. The maximum atomic E-state index is 12.6. The number of rotatable bonds is 36. The molecule has 1 atom stereocenters. The number of aliphatic carboxylic acids is 1. The Hall–Kier alpha value is -2.10. The number of ether oxygens (including phenoxy) is 1. The van der Waals surface area contributed by atoms with Gasteiger partial charge in [-0.3, -0.25) is 9.59 Å². The fourth-order valence-corrected chi connectivity index (χ4v) is 5.86. The number of carboxylic acids is 1. The number of carbonyl (C=O) groups excluding carboxylic acids is 1. The van der Waals surface area contributed by atoms with Crippen molar-refractivity contribution in [3.05, 3.63) is 48.6 Å². The normalized spacial score (nSPS) is 12.7. The van der Waals surface area contributed by atoms with Crippen LogP contribution in [0.2, 0.25) is 0 Å². The zero-order valence-electron chi connectivity index (χ0n) is 31.1. The Morgan fingerprint density at radius 1 is 0.489 bits per heavy atom. The predicted octanol–water partition coefficient (Wildman–Crippen LogP) is 14.0. The van der Waals surface area contributed by atoms with Gasteiger partial charge in [-0.05, 0) is 57.4 Å². The molecule has 0 amide bonds. The van der Waals surface area contributed by atoms with Crippen molar-refractivity contribution < 1.29 is 19.4 Å². The van der Waals surface area contributed by atoms with Crippen LogP contribution in [-0.4, -0.2) is 23.1 Å². The van der Waals surface area contributed by atoms with Crippen molar-refractivity contribution in [2.75, 3.05) is 0 Å². The van der Waals surface area contributed by atoms with Gasteiger partial charge in [-0.2, -0.15) is 0 Å². The second-order valence-electron chi connectivity index (χ2n) is 13.4. The largest absolute Gasteiger partial charge is 0.481 e. The van der Waals surface area contributed by atoms with E-state index in [0.29, 0.717) is 12.8 Å². The summed E-state index contributed by atoms with van der Waals surface area (Å²) < 4.78 is 5.83. The zero-order chi connectivity index (χ0) is 34.3. The lowest BCUT2D eigenvalue weighted by atomic mass is 10.0. The van der Waals surface area contributed by atoms with Crippen LogP contribution in [0.1, 0.15) is 206 Å². The van der Waals surface area contributed by atoms with Crippen LogP contribution in [0, 0.1) is 0 Å². The summed E-state index contributed by atoms with van der Waals surface area (Å²) in [6.45, 7) is 4.43. The van der Waals surface area contributed by atoms with E-state index in [-0.39, 0.29) is 18.5 Å². The molecule has 0 fully saturated rings. The molecule has 4 heteroatoms. The van der Waals surface area contributed by atoms with Crippen molar-refractivity contribution in [2.24, 2.45) is 0 Å². The number of allylic oxidation sites excluding steroid dienone is 7. The second-order valence-corrected chi connectivity index (χ2v) is 13.4. The van der Waals surface area contributed by atoms with Crippen molar-refractivity contribution in [3.8, 4) is 0 Å². The van der Waals surface area contributed by atoms with Crippen LogP contribution in [0.5, 0.6) is 0 Å². The van der Waals surface area contributed by atoms with Crippen LogP contribution < -0.4 is 0 Å². The minimum absolute atomic E-state index is 0.106. The van der Waals surface area contributed by atoms with E-state index in [1.807, 2.05) is 6.08 Å². The van der Waals surface area contributed by atoms with E-state index in [1.54, 1.807) is 0 Å². The molecule has 0 bridgehead atoms. The fourth-order valence-electron chi connectivity index (χ4n) is 5.86. The molecule has 1 unspecified atom stereocenters. The molecule has 0 spiro atoms. The lowest BCUT2D eigenvalue weighted by Gasteiger charge is -2.14. The maximum Gasteiger partial charge on any atom is 0.306 e. The van der Waals surface area contributed by atoms with Gasteiger partial charge in [0.2, 0.25) is 0 Å². The van der Waals surface area contributed by atoms with E-state index in [0.717, 1.165) is 57.8 Å². The van der Waals surface area contributed by atoms with Crippen LogP contribution in [0.15, 0.2) is 48.6 Å². The van der Waals surface area contributed by atoms with Crippen LogP contribution in [0.25, 0.3) is 0 Å². The van der Waals surface area contributed by atoms with Crippen LogP contribution in [0.3, 0.4) is 0 Å². The Labute approximate surface area is 292 Å². The first kappa shape index (κ1) is 44.9. The Balaban J connectivity index is 3.93. The van der Waals surface area contributed by atoms with Gasteiger partial charge < -0.3 is 9.84 Å². The molecule has 0 rings (SSSR count). The molecular formula is C43H76O4. The SMILES string of the molecule is CC/C=C\C/C=C\C/C=C\C/C=C\C(CCCCCC(=O)O)OC(=O)CCCCCCCCCCCCCCCCCCCCCC. The molecule has 0 radical (unpaired) electrons. The molecule has 0 aromatic carbocycles. The third kappa shape index (κ3) is 38.2. The van der Waals surface area contributed by atoms with Crippen molar-refractivity contribution in [1.29, 1.82) is 0 Å². The highest BCUT2D eigenvalue weighted by molar-refractivity contribution is 5.69. The van der Waals surface area contributed by atoms with Crippen molar-refractivity contribution in [3.63, 3.8) is 0 Å². The molecule has 0 saturated carbocycles. The zero-order valence-corrected chi connectivity index (χ0v) is 31.1. The van der Waals surface area contributed by atoms with Crippen LogP contribution in [-0.2, 0) is 14.3 Å². The smallest absolute Gasteiger partial charge is 0.306 e. The third-order valence-corrected chi connectivity index (χ3v) is 8.80. The summed E-state index contributed by atoms with van der Waals surface area (Å²) in [5.74, 6) is -0.855. The average Bonchev–Trinajstić information content (AvgIpc) is 3.05. The second kappa shape index (κ2) is 38.3. The molecule has 0 aliphatic carbocycles. The van der Waals surface area contributed by atoms with E-state index in [1.165, 1.54) is 116 Å². The van der Waals surface area contributed by atoms with Crippen molar-refractivity contribution in [2.45, 2.75) is 213 Å². The summed E-state index contributed by atoms with van der Waals surface area (Å²) in [7, 11) is 0. The Kier molecular flexibility index (Phi) is 36.6. The lowest BCUT2D eigenvalue weighted by molar-refractivity contribution is -0.147. The van der Waals surface area contributed by atoms with Gasteiger partial charge in [0.05, 0.1) is 0 Å². The highest BCUT2D eigenvalue weighted by Crippen LogP contribution is 2.16. The highest BCUT2D eigenvalue weighted by Gasteiger charge is 2.11. The first-order valence-corrected chi connectivity index (χ1v) is 20.1. The molecule has 4 nitrogen and oxygen atoms in total. The summed E-state index contributed by atoms with van der Waals surface area (Å²) in [6.07, 6.45) is 51.5. The Morgan fingerprint density at radius 2 is 0.872 bits per heavy atom. The fraction of sp³-hybridized carbons (Fsp3) is 0.767. The van der Waals surface area contributed by atoms with E-state index in [2.05, 4.69) is 56.4 Å². The molecular weight excluding hydrogens is 580 g/mol. The minimum Gasteiger partial charge on any atom is -0.481 e. The predicted molar refractivity (Wildman–Crippen MR) is 204 cm³/mol. The summed E-state index contributed by atoms with van der Waals surface area (Å²) >= 11 is 0. The van der Waals surface area contributed by atoms with Gasteiger partial charge in [0.25, 0.3) is 0 Å². The first-order valence-electron chi connectivity index (χ1n) is 20.1. The molecule has 1 N–H and O–H groups in total. The minimum atomic E-state index is -0.748. The van der Waals surface area contributed by atoms with E-state index in [9.17, 15) is 9.59 Å². The van der Waals surface area contributed by atoms with Crippen LogP contribution in [0.4, 0.5) is 0 Å². The standard InChI is InChI=1S/C43H76O4/c1-3-5-7-9-11-13-15-16-17-18-19-20-21-22-23-25-27-29-31-36-40-43(46)47-41(38-34-32-35-39-42(44)45)37-33-30-28-26-24-14-12-10-8-6-4-2/h6,8,12,14,26,28,33,37,41H,3-5,7,9-11,13,15-25,27,29-32,34-36,38-40H2,1-2H3,(H,44,45)/b8-6-,14-12-,28-26-,37-33-. The third-order valence-electron chi connectivity index (χ3n) is 8.80. The van der Waals surface area contributed by atoms with Gasteiger partial charge in [-0.1, -0.05) is 185 Å². The lowest BCUT2D eigenvalue weighted by Crippen LogP contribution is -2.16. The summed E-state index contributed by atoms with van der Waals surface area (Å²) in [6, 6.07) is 0.